The molecule has 0 spiro atoms. The topological polar surface area (TPSA) is 180 Å². The van der Waals surface area contributed by atoms with Gasteiger partial charge < -0.3 is 39.0 Å². The van der Waals surface area contributed by atoms with Gasteiger partial charge >= 0.3 is 12.1 Å². The number of aliphatic hydroxyl groups is 1. The first-order chi connectivity index (χ1) is 27.8. The molecule has 3 aliphatic heterocycles. The quantitative estimate of drug-likeness (QED) is 0.130. The SMILES string of the molecule is C.C.C.C.C.CC[C@H]1OC(=O)C(C)(F)C(=O)[C@@H](C)[C@@H](O[C@@H]2OC(C)CC(N(C)C)C2O)[C@](C)(OC)C[C@@H](C)CN[C@H](C)[C@H]2N(CCCCn3cc(-c4ccccn4)nn3)C(=O)O[C@]12C. The summed E-state index contributed by atoms with van der Waals surface area (Å²) in [6, 6.07) is 4.24. The highest BCUT2D eigenvalue weighted by Gasteiger charge is 2.60. The molecule has 0 aromatic carbocycles. The Morgan fingerprint density at radius 3 is 2.25 bits per heavy atom. The highest BCUT2D eigenvalue weighted by Crippen LogP contribution is 2.41. The summed E-state index contributed by atoms with van der Waals surface area (Å²) >= 11 is 0. The van der Waals surface area contributed by atoms with Crippen molar-refractivity contribution in [2.45, 2.75) is 197 Å². The highest BCUT2D eigenvalue weighted by atomic mass is 19.1. The number of rotatable bonds is 11. The average Bonchev–Trinajstić information content (AvgIpc) is 3.78. The van der Waals surface area contributed by atoms with Gasteiger partial charge in [0.05, 0.1) is 35.7 Å². The van der Waals surface area contributed by atoms with Crippen LogP contribution in [-0.4, -0.2) is 153 Å². The predicted octanol–water partition coefficient (Wildman–Crippen LogP) is 7.37. The van der Waals surface area contributed by atoms with Crippen molar-refractivity contribution in [3.8, 4) is 11.4 Å². The highest BCUT2D eigenvalue weighted by molar-refractivity contribution is 6.07. The van der Waals surface area contributed by atoms with E-state index >= 15 is 4.39 Å². The van der Waals surface area contributed by atoms with Gasteiger partial charge in [-0.05, 0) is 105 Å². The van der Waals surface area contributed by atoms with E-state index in [1.165, 1.54) is 14.0 Å². The van der Waals surface area contributed by atoms with Crippen LogP contribution in [0.3, 0.4) is 0 Å². The summed E-state index contributed by atoms with van der Waals surface area (Å²) in [4.78, 5) is 49.9. The summed E-state index contributed by atoms with van der Waals surface area (Å²) in [5, 5.41) is 23.5. The molecule has 5 heterocycles. The summed E-state index contributed by atoms with van der Waals surface area (Å²) in [7, 11) is 5.20. The average molecular weight is 912 g/mol. The number of aromatic nitrogens is 4. The van der Waals surface area contributed by atoms with Crippen LogP contribution >= 0.6 is 0 Å². The summed E-state index contributed by atoms with van der Waals surface area (Å²) < 4.78 is 49.5. The first-order valence-corrected chi connectivity index (χ1v) is 21.0. The smallest absolute Gasteiger partial charge is 0.410 e. The molecular weight excluding hydrogens is 826 g/mol. The minimum Gasteiger partial charge on any atom is -0.455 e. The number of ketones is 1. The van der Waals surface area contributed by atoms with Crippen LogP contribution in [0.2, 0.25) is 0 Å². The third-order valence-electron chi connectivity index (χ3n) is 12.6. The fourth-order valence-corrected chi connectivity index (χ4v) is 9.26. The second-order valence-corrected chi connectivity index (χ2v) is 17.6. The third-order valence-corrected chi connectivity index (χ3v) is 12.6. The van der Waals surface area contributed by atoms with Crippen LogP contribution in [0.1, 0.15) is 125 Å². The molecule has 0 bridgehead atoms. The van der Waals surface area contributed by atoms with Crippen molar-refractivity contribution >= 4 is 17.8 Å². The second kappa shape index (κ2) is 24.8. The van der Waals surface area contributed by atoms with E-state index in [-0.39, 0.29) is 61.6 Å². The van der Waals surface area contributed by atoms with Gasteiger partial charge in [0.15, 0.2) is 17.7 Å². The van der Waals surface area contributed by atoms with Gasteiger partial charge in [0.25, 0.3) is 5.67 Å². The number of esters is 1. The number of halogens is 1. The lowest BCUT2D eigenvalue weighted by atomic mass is 9.78. The van der Waals surface area contributed by atoms with Crippen molar-refractivity contribution in [1.29, 1.82) is 0 Å². The molecule has 13 atom stereocenters. The van der Waals surface area contributed by atoms with Gasteiger partial charge in [-0.15, -0.1) is 5.10 Å². The number of cyclic esters (lactones) is 1. The molecule has 3 fully saturated rings. The Kier molecular flexibility index (Phi) is 23.4. The number of carbonyl (C=O) groups excluding carboxylic acids is 3. The zero-order valence-corrected chi connectivity index (χ0v) is 36.6. The van der Waals surface area contributed by atoms with E-state index in [4.69, 9.17) is 23.7 Å². The Morgan fingerprint density at radius 2 is 1.66 bits per heavy atom. The van der Waals surface area contributed by atoms with Crippen molar-refractivity contribution in [1.82, 2.24) is 35.1 Å². The summed E-state index contributed by atoms with van der Waals surface area (Å²) in [6.45, 7) is 14.8. The molecule has 17 heteroatoms. The number of alkyl halides is 1. The first-order valence-electron chi connectivity index (χ1n) is 21.0. The molecule has 3 aliphatic rings. The van der Waals surface area contributed by atoms with Crippen molar-refractivity contribution in [3.63, 3.8) is 0 Å². The van der Waals surface area contributed by atoms with E-state index in [0.717, 1.165) is 12.6 Å². The van der Waals surface area contributed by atoms with Crippen LogP contribution in [0, 0.1) is 11.8 Å². The molecule has 16 nitrogen and oxygen atoms in total. The third kappa shape index (κ3) is 12.8. The van der Waals surface area contributed by atoms with Crippen LogP contribution in [0.5, 0.6) is 0 Å². The van der Waals surface area contributed by atoms with Gasteiger partial charge in [-0.2, -0.15) is 0 Å². The van der Waals surface area contributed by atoms with Gasteiger partial charge in [-0.1, -0.05) is 69.2 Å². The summed E-state index contributed by atoms with van der Waals surface area (Å²) in [5.41, 5.74) is -4.38. The molecule has 0 aliphatic carbocycles. The lowest BCUT2D eigenvalue weighted by Gasteiger charge is -2.47. The molecule has 370 valence electrons. The van der Waals surface area contributed by atoms with E-state index in [1.54, 1.807) is 36.5 Å². The zero-order chi connectivity index (χ0) is 43.4. The number of carbonyl (C=O) groups is 3. The number of amides is 1. The molecule has 2 N–H and O–H groups in total. The molecule has 0 radical (unpaired) electrons. The number of likely N-dealkylation sites (N-methyl/N-ethyl adjacent to an activating group) is 1. The minimum absolute atomic E-state index is 0. The number of nitrogens with zero attached hydrogens (tertiary/aromatic N) is 6. The van der Waals surface area contributed by atoms with Crippen LogP contribution in [0.25, 0.3) is 11.4 Å². The van der Waals surface area contributed by atoms with Crippen molar-refractivity contribution in [2.24, 2.45) is 11.8 Å². The van der Waals surface area contributed by atoms with E-state index in [2.05, 4.69) is 20.6 Å². The molecule has 2 aromatic rings. The van der Waals surface area contributed by atoms with Gasteiger partial charge in [0.2, 0.25) is 0 Å². The number of hydrogen-bond acceptors (Lipinski definition) is 14. The number of methoxy groups -OCH3 is 1. The molecule has 2 aromatic heterocycles. The molecular formula is C47H86FN7O9. The minimum atomic E-state index is -3.13. The van der Waals surface area contributed by atoms with Crippen molar-refractivity contribution in [3.05, 3.63) is 30.6 Å². The fourth-order valence-electron chi connectivity index (χ4n) is 9.26. The van der Waals surface area contributed by atoms with Crippen molar-refractivity contribution < 1.29 is 47.6 Å². The standard InChI is InChI=1S/C42H66FN7O9.5CH4/c1-12-32-42(8)34(50(39(54)59-42)20-16-15-19-49-24-30(46-47-49)29-17-13-14-18-44-29)28(5)45-23-25(2)22-40(6,55-11)36(27(4)35(52)41(7,43)38(53)57-32)58-37-33(51)31(48(9)10)21-26(3)56-37;;;;;/h13-14,17-18,24-28,31-34,36-37,45,51H,12,15-16,19-23H2,1-11H3;5*1H4/t25-,26?,27-,28-,31?,32-,33?,34-,36-,37+,40-,41?,42-;;;;;/m1...../s1. The molecule has 0 saturated carbocycles. The van der Waals surface area contributed by atoms with E-state index < -0.39 is 77.3 Å². The lowest BCUT2D eigenvalue weighted by molar-refractivity contribution is -0.295. The maximum atomic E-state index is 16.9. The number of aliphatic hydroxyl groups excluding tert-OH is 1. The zero-order valence-electron chi connectivity index (χ0n) is 36.6. The summed E-state index contributed by atoms with van der Waals surface area (Å²) in [5.74, 6) is -3.85. The Bertz CT molecular complexity index is 1740. The maximum Gasteiger partial charge on any atom is 0.410 e. The van der Waals surface area contributed by atoms with E-state index in [1.807, 2.05) is 64.2 Å². The maximum absolute atomic E-state index is 16.9. The van der Waals surface area contributed by atoms with Crippen LogP contribution in [-0.2, 0) is 39.8 Å². The van der Waals surface area contributed by atoms with Gasteiger partial charge in [-0.25, -0.2) is 14.0 Å². The summed E-state index contributed by atoms with van der Waals surface area (Å²) in [6.07, 6.45) is 0.450. The number of Topliss-reactive ketones (excluding diaryl/α,β-unsaturated/α-hetero) is 1. The number of ether oxygens (including phenoxy) is 5. The van der Waals surface area contributed by atoms with E-state index in [0.29, 0.717) is 51.0 Å². The fraction of sp³-hybridized carbons (Fsp3) is 0.787. The van der Waals surface area contributed by atoms with Crippen LogP contribution < -0.4 is 5.32 Å². The number of unbranched alkanes of at least 4 members (excludes halogenated alkanes) is 1. The molecule has 64 heavy (non-hydrogen) atoms. The Hall–Kier alpha value is -3.61. The monoisotopic (exact) mass is 912 g/mol. The number of pyridine rings is 1. The lowest BCUT2D eigenvalue weighted by Crippen LogP contribution is -2.61. The molecule has 1 amide bonds. The Balaban J connectivity index is 0.00000794. The molecule has 3 saturated heterocycles. The Labute approximate surface area is 384 Å². The predicted molar refractivity (Wildman–Crippen MR) is 249 cm³/mol. The normalized spacial score (nSPS) is 34.8. The first kappa shape index (κ1) is 60.4. The van der Waals surface area contributed by atoms with Gasteiger partial charge in [0, 0.05) is 44.4 Å². The second-order valence-electron chi connectivity index (χ2n) is 17.6. The van der Waals surface area contributed by atoms with Gasteiger partial charge in [0.1, 0.15) is 17.9 Å². The van der Waals surface area contributed by atoms with Crippen LogP contribution in [0.15, 0.2) is 30.6 Å². The Morgan fingerprint density at radius 1 is 1.00 bits per heavy atom. The number of hydrogen-bond donors (Lipinski definition) is 2. The number of aryl methyl sites for hydroxylation is 1. The van der Waals surface area contributed by atoms with Crippen molar-refractivity contribution in [2.75, 3.05) is 34.3 Å². The van der Waals surface area contributed by atoms with Gasteiger partial charge in [-0.3, -0.25) is 19.4 Å². The van der Waals surface area contributed by atoms with E-state index in [9.17, 15) is 19.5 Å². The van der Waals surface area contributed by atoms with Crippen LogP contribution in [0.4, 0.5) is 9.18 Å². The number of nitrogens with one attached hydrogen (secondary N) is 1. The molecule has 4 unspecified atom stereocenters. The number of fused-ring (bicyclic) bond motifs is 1. The molecule has 5 rings (SSSR count). The largest absolute Gasteiger partial charge is 0.455 e.